The second-order valence-electron chi connectivity index (χ2n) is 14.5. The third-order valence-corrected chi connectivity index (χ3v) is 12.5. The molecule has 0 aliphatic carbocycles. The van der Waals surface area contributed by atoms with Crippen LogP contribution in [0, 0.1) is 0 Å². The molecule has 1 aliphatic rings. The highest BCUT2D eigenvalue weighted by Crippen LogP contribution is 2.46. The van der Waals surface area contributed by atoms with Gasteiger partial charge in [0.2, 0.25) is 0 Å². The number of furan rings is 1. The van der Waals surface area contributed by atoms with Crippen molar-refractivity contribution in [2.75, 3.05) is 0 Å². The fourth-order valence-electron chi connectivity index (χ4n) is 8.72. The predicted molar refractivity (Wildman–Crippen MR) is 238 cm³/mol. The largest absolute Gasteiger partial charge is 0.453 e. The van der Waals surface area contributed by atoms with Crippen LogP contribution in [-0.2, 0) is 0 Å². The summed E-state index contributed by atoms with van der Waals surface area (Å²) in [5.41, 5.74) is 10.1. The van der Waals surface area contributed by atoms with Crippen molar-refractivity contribution in [1.29, 1.82) is 0 Å². The number of nitrogens with zero attached hydrogens (tertiary/aromatic N) is 3. The second kappa shape index (κ2) is 12.6. The Morgan fingerprint density at radius 2 is 1.14 bits per heavy atom. The van der Waals surface area contributed by atoms with Gasteiger partial charge in [0, 0.05) is 59.3 Å². The molecule has 3 aromatic heterocycles. The molecule has 0 radical (unpaired) electrons. The van der Waals surface area contributed by atoms with Gasteiger partial charge in [0.15, 0.2) is 11.4 Å². The number of amidine groups is 2. The van der Waals surface area contributed by atoms with Crippen molar-refractivity contribution in [1.82, 2.24) is 9.88 Å². The molecule has 6 heteroatoms. The summed E-state index contributed by atoms with van der Waals surface area (Å²) in [7, 11) is 0. The molecule has 11 aromatic rings. The third-order valence-electron chi connectivity index (χ3n) is 11.3. The number of nitrogens with one attached hydrogen (secondary N) is 1. The van der Waals surface area contributed by atoms with Gasteiger partial charge >= 0.3 is 0 Å². The summed E-state index contributed by atoms with van der Waals surface area (Å²) >= 11 is 1.86. The first-order valence-corrected chi connectivity index (χ1v) is 20.0. The maximum Gasteiger partial charge on any atom is 0.159 e. The molecule has 5 nitrogen and oxygen atoms in total. The number of hydrogen-bond acceptors (Lipinski definition) is 5. The molecule has 0 amide bonds. The molecule has 12 rings (SSSR count). The first-order chi connectivity index (χ1) is 28.3. The lowest BCUT2D eigenvalue weighted by atomic mass is 9.94. The van der Waals surface area contributed by atoms with Gasteiger partial charge in [-0.1, -0.05) is 164 Å². The minimum absolute atomic E-state index is 0.432. The predicted octanol–water partition coefficient (Wildman–Crippen LogP) is 13.2. The lowest BCUT2D eigenvalue weighted by Gasteiger charge is -2.25. The average Bonchev–Trinajstić information content (AvgIpc) is 3.97. The van der Waals surface area contributed by atoms with Crippen molar-refractivity contribution in [2.24, 2.45) is 9.98 Å². The van der Waals surface area contributed by atoms with Gasteiger partial charge in [0.1, 0.15) is 17.6 Å². The van der Waals surface area contributed by atoms with Crippen LogP contribution in [0.2, 0.25) is 0 Å². The molecule has 8 aromatic carbocycles. The van der Waals surface area contributed by atoms with Gasteiger partial charge < -0.3 is 14.3 Å². The fourth-order valence-corrected chi connectivity index (χ4v) is 9.96. The van der Waals surface area contributed by atoms with Gasteiger partial charge in [-0.3, -0.25) is 0 Å². The van der Waals surface area contributed by atoms with E-state index in [1.807, 2.05) is 47.7 Å². The van der Waals surface area contributed by atoms with E-state index in [1.165, 1.54) is 36.5 Å². The minimum Gasteiger partial charge on any atom is -0.453 e. The highest BCUT2D eigenvalue weighted by atomic mass is 32.1. The summed E-state index contributed by atoms with van der Waals surface area (Å²) in [5, 5.41) is 10.8. The van der Waals surface area contributed by atoms with E-state index in [-0.39, 0.29) is 0 Å². The maximum absolute atomic E-state index is 7.29. The maximum atomic E-state index is 7.29. The Bertz CT molecular complexity index is 3430. The zero-order chi connectivity index (χ0) is 37.5. The number of para-hydroxylation sites is 2. The van der Waals surface area contributed by atoms with E-state index in [0.717, 1.165) is 66.8 Å². The molecule has 57 heavy (non-hydrogen) atoms. The number of aromatic nitrogens is 1. The summed E-state index contributed by atoms with van der Waals surface area (Å²) in [6.07, 6.45) is -0.432. The molecule has 1 atom stereocenters. The summed E-state index contributed by atoms with van der Waals surface area (Å²) in [5.74, 6) is 1.46. The minimum atomic E-state index is -0.432. The molecule has 0 saturated carbocycles. The highest BCUT2D eigenvalue weighted by Gasteiger charge is 2.28. The molecule has 1 N–H and O–H groups in total. The van der Waals surface area contributed by atoms with E-state index in [2.05, 4.69) is 155 Å². The van der Waals surface area contributed by atoms with E-state index < -0.39 is 6.17 Å². The lowest BCUT2D eigenvalue weighted by Crippen LogP contribution is -2.33. The van der Waals surface area contributed by atoms with Crippen LogP contribution in [0.25, 0.3) is 80.7 Å². The van der Waals surface area contributed by atoms with Crippen LogP contribution in [0.1, 0.15) is 22.9 Å². The van der Waals surface area contributed by atoms with E-state index >= 15 is 0 Å². The SMILES string of the molecule is c1ccc(C2=NC(c3ccc4c(oc5c(-n6c7ccccc7c7ccc8c9ccccc9sc8c76)cccc54)c3-c3ccccc3)NC(c3ccccc3)=N2)cc1. The van der Waals surface area contributed by atoms with Crippen LogP contribution in [0.4, 0.5) is 0 Å². The topological polar surface area (TPSA) is 54.8 Å². The zero-order valence-electron chi connectivity index (χ0n) is 30.6. The van der Waals surface area contributed by atoms with Gasteiger partial charge in [0.05, 0.1) is 21.4 Å². The van der Waals surface area contributed by atoms with Crippen LogP contribution >= 0.6 is 11.3 Å². The molecule has 1 aliphatic heterocycles. The Labute approximate surface area is 331 Å². The third kappa shape index (κ3) is 4.94. The smallest absolute Gasteiger partial charge is 0.159 e. The first kappa shape index (κ1) is 32.0. The van der Waals surface area contributed by atoms with E-state index in [9.17, 15) is 0 Å². The molecule has 0 spiro atoms. The number of fused-ring (bicyclic) bond motifs is 10. The molecule has 0 bridgehead atoms. The van der Waals surface area contributed by atoms with Crippen molar-refractivity contribution in [3.8, 4) is 16.8 Å². The van der Waals surface area contributed by atoms with Crippen LogP contribution in [0.3, 0.4) is 0 Å². The Morgan fingerprint density at radius 1 is 0.509 bits per heavy atom. The molecular weight excluding hydrogens is 717 g/mol. The Kier molecular flexibility index (Phi) is 7.09. The van der Waals surface area contributed by atoms with Crippen molar-refractivity contribution in [3.05, 3.63) is 199 Å². The van der Waals surface area contributed by atoms with Gasteiger partial charge in [-0.05, 0) is 23.8 Å². The van der Waals surface area contributed by atoms with Crippen molar-refractivity contribution < 1.29 is 4.42 Å². The normalized spacial score (nSPS) is 14.5. The number of rotatable bonds is 5. The fraction of sp³-hybridized carbons (Fsp3) is 0.0196. The number of thiophene rings is 1. The van der Waals surface area contributed by atoms with Gasteiger partial charge in [-0.15, -0.1) is 11.3 Å². The van der Waals surface area contributed by atoms with Crippen LogP contribution < -0.4 is 5.32 Å². The molecular formula is C51H32N4OS. The van der Waals surface area contributed by atoms with Crippen LogP contribution in [0.15, 0.2) is 196 Å². The molecule has 0 fully saturated rings. The van der Waals surface area contributed by atoms with Gasteiger partial charge in [-0.25, -0.2) is 9.98 Å². The number of hydrogen-bond donors (Lipinski definition) is 1. The molecule has 268 valence electrons. The van der Waals surface area contributed by atoms with Gasteiger partial charge in [0.25, 0.3) is 0 Å². The van der Waals surface area contributed by atoms with E-state index in [0.29, 0.717) is 5.84 Å². The lowest BCUT2D eigenvalue weighted by molar-refractivity contribution is 0.656. The van der Waals surface area contributed by atoms with E-state index in [1.54, 1.807) is 0 Å². The van der Waals surface area contributed by atoms with Crippen molar-refractivity contribution >= 4 is 86.9 Å². The Balaban J connectivity index is 1.13. The standard InChI is InChI=1S/C51H32N4OS/c1-4-15-31(16-5-1)44-40(51-53-49(32-17-6-2-7-18-32)52-50(54-51)33-19-8-3-9-20-33)30-28-38-37-23-14-25-42(46(37)56-47(38)44)55-41-24-12-10-21-34(41)36-27-29-39-35-22-11-13-26-43(35)57-48(39)45(36)55/h1-30,51H,(H,52,53,54). The number of aliphatic imine (C=N–C) groups is 2. The molecule has 4 heterocycles. The second-order valence-corrected chi connectivity index (χ2v) is 15.6. The summed E-state index contributed by atoms with van der Waals surface area (Å²) in [4.78, 5) is 10.3. The van der Waals surface area contributed by atoms with Crippen LogP contribution in [0.5, 0.6) is 0 Å². The number of benzene rings is 8. The molecule has 1 unspecified atom stereocenters. The van der Waals surface area contributed by atoms with Gasteiger partial charge in [-0.2, -0.15) is 0 Å². The summed E-state index contributed by atoms with van der Waals surface area (Å²) < 4.78 is 12.3. The quantitative estimate of drug-likeness (QED) is 0.191. The monoisotopic (exact) mass is 748 g/mol. The summed E-state index contributed by atoms with van der Waals surface area (Å²) in [6.45, 7) is 0. The van der Waals surface area contributed by atoms with E-state index in [4.69, 9.17) is 14.4 Å². The van der Waals surface area contributed by atoms with Crippen molar-refractivity contribution in [3.63, 3.8) is 0 Å². The Morgan fingerprint density at radius 3 is 1.95 bits per heavy atom. The molecule has 0 saturated heterocycles. The van der Waals surface area contributed by atoms with Crippen molar-refractivity contribution in [2.45, 2.75) is 6.17 Å². The zero-order valence-corrected chi connectivity index (χ0v) is 31.4. The summed E-state index contributed by atoms with van der Waals surface area (Å²) in [6, 6.07) is 64.1. The first-order valence-electron chi connectivity index (χ1n) is 19.2. The Hall–Kier alpha value is -7.28. The highest BCUT2D eigenvalue weighted by molar-refractivity contribution is 7.26. The average molecular weight is 749 g/mol. The van der Waals surface area contributed by atoms with Crippen LogP contribution in [-0.4, -0.2) is 16.2 Å².